The lowest BCUT2D eigenvalue weighted by atomic mass is 10.1. The highest BCUT2D eigenvalue weighted by Crippen LogP contribution is 2.34. The van der Waals surface area contributed by atoms with Gasteiger partial charge in [0.05, 0.1) is 16.6 Å². The van der Waals surface area contributed by atoms with Crippen molar-refractivity contribution >= 4 is 15.5 Å². The minimum absolute atomic E-state index is 0.138. The van der Waals surface area contributed by atoms with E-state index in [0.717, 1.165) is 12.5 Å². The summed E-state index contributed by atoms with van der Waals surface area (Å²) in [6.45, 7) is 1.87. The molecule has 1 unspecified atom stereocenters. The van der Waals surface area contributed by atoms with Gasteiger partial charge in [0.15, 0.2) is 0 Å². The van der Waals surface area contributed by atoms with Gasteiger partial charge in [0.1, 0.15) is 0 Å². The summed E-state index contributed by atoms with van der Waals surface area (Å²) in [5.74, 6) is 2.38. The molecule has 1 N–H and O–H groups in total. The summed E-state index contributed by atoms with van der Waals surface area (Å²) < 4.78 is 60.8. The molecule has 0 radical (unpaired) electrons. The van der Waals surface area contributed by atoms with Gasteiger partial charge >= 0.3 is 5.51 Å². The first kappa shape index (κ1) is 16.4. The van der Waals surface area contributed by atoms with Crippen LogP contribution < -0.4 is 5.32 Å². The maximum absolute atomic E-state index is 12.6. The molecule has 1 rings (SSSR count). The van der Waals surface area contributed by atoms with Crippen molar-refractivity contribution in [1.82, 2.24) is 0 Å². The molecule has 0 aliphatic heterocycles. The van der Waals surface area contributed by atoms with Gasteiger partial charge in [-0.25, -0.2) is 8.42 Å². The quantitative estimate of drug-likeness (QED) is 0.850. The molecule has 0 aliphatic rings. The highest BCUT2D eigenvalue weighted by molar-refractivity contribution is 7.92. The Balaban J connectivity index is 3.23. The van der Waals surface area contributed by atoms with Crippen LogP contribution in [-0.4, -0.2) is 20.0 Å². The normalized spacial score (nSPS) is 13.6. The number of anilines is 1. The van der Waals surface area contributed by atoms with Crippen molar-refractivity contribution in [3.8, 4) is 12.3 Å². The van der Waals surface area contributed by atoms with Crippen molar-refractivity contribution in [2.45, 2.75) is 36.2 Å². The zero-order chi connectivity index (χ0) is 15.4. The van der Waals surface area contributed by atoms with Crippen LogP contribution in [0.15, 0.2) is 29.2 Å². The number of alkyl halides is 3. The first-order valence-electron chi connectivity index (χ1n) is 5.87. The van der Waals surface area contributed by atoms with Crippen LogP contribution in [0, 0.1) is 12.3 Å². The van der Waals surface area contributed by atoms with Crippen LogP contribution in [-0.2, 0) is 9.84 Å². The highest BCUT2D eigenvalue weighted by atomic mass is 32.2. The van der Waals surface area contributed by atoms with Crippen LogP contribution in [0.1, 0.15) is 19.8 Å². The maximum Gasteiger partial charge on any atom is 0.501 e. The summed E-state index contributed by atoms with van der Waals surface area (Å²) in [5, 5.41) is 2.66. The fourth-order valence-electron chi connectivity index (χ4n) is 1.62. The number of benzene rings is 1. The lowest BCUT2D eigenvalue weighted by Crippen LogP contribution is -2.26. The topological polar surface area (TPSA) is 46.2 Å². The van der Waals surface area contributed by atoms with E-state index in [1.54, 1.807) is 0 Å². The fourth-order valence-corrected chi connectivity index (χ4v) is 2.54. The molecule has 110 valence electrons. The van der Waals surface area contributed by atoms with E-state index in [1.807, 2.05) is 6.92 Å². The number of nitrogens with one attached hydrogen (secondary N) is 1. The van der Waals surface area contributed by atoms with Gasteiger partial charge in [-0.15, -0.1) is 6.42 Å². The molecule has 0 spiro atoms. The molecular weight excluding hydrogens is 291 g/mol. The Labute approximate surface area is 116 Å². The minimum Gasteiger partial charge on any atom is -0.370 e. The molecule has 1 aromatic carbocycles. The maximum atomic E-state index is 12.6. The molecule has 0 aromatic heterocycles. The summed E-state index contributed by atoms with van der Waals surface area (Å²) in [6.07, 6.45) is 6.51. The Morgan fingerprint density at radius 3 is 2.45 bits per heavy atom. The lowest BCUT2D eigenvalue weighted by Gasteiger charge is -2.17. The SMILES string of the molecule is C#CC(CCC)Nc1ccccc1S(=O)(=O)C(F)(F)F. The van der Waals surface area contributed by atoms with Gasteiger partial charge in [0, 0.05) is 0 Å². The number of terminal acetylenes is 1. The molecule has 0 fully saturated rings. The number of halogens is 3. The molecular formula is C13H14F3NO2S. The Bertz CT molecular complexity index is 603. The van der Waals surface area contributed by atoms with E-state index in [-0.39, 0.29) is 5.69 Å². The molecule has 20 heavy (non-hydrogen) atoms. The second-order valence-corrected chi connectivity index (χ2v) is 6.01. The molecule has 3 nitrogen and oxygen atoms in total. The molecule has 0 saturated carbocycles. The molecule has 0 amide bonds. The van der Waals surface area contributed by atoms with Crippen molar-refractivity contribution in [3.63, 3.8) is 0 Å². The van der Waals surface area contributed by atoms with E-state index in [4.69, 9.17) is 6.42 Å². The Morgan fingerprint density at radius 2 is 1.95 bits per heavy atom. The largest absolute Gasteiger partial charge is 0.501 e. The summed E-state index contributed by atoms with van der Waals surface area (Å²) >= 11 is 0. The third-order valence-electron chi connectivity index (χ3n) is 2.59. The zero-order valence-corrected chi connectivity index (χ0v) is 11.6. The Kier molecular flexibility index (Phi) is 5.06. The van der Waals surface area contributed by atoms with Crippen LogP contribution in [0.5, 0.6) is 0 Å². The number of rotatable bonds is 5. The summed E-state index contributed by atoms with van der Waals surface area (Å²) in [4.78, 5) is -0.816. The van der Waals surface area contributed by atoms with Crippen molar-refractivity contribution < 1.29 is 21.6 Å². The molecule has 1 aromatic rings. The van der Waals surface area contributed by atoms with Crippen molar-refractivity contribution in [2.75, 3.05) is 5.32 Å². The van der Waals surface area contributed by atoms with Gasteiger partial charge in [-0.2, -0.15) is 13.2 Å². The number of para-hydroxylation sites is 1. The summed E-state index contributed by atoms with van der Waals surface area (Å²) in [6, 6.07) is 4.32. The van der Waals surface area contributed by atoms with E-state index in [9.17, 15) is 21.6 Å². The third kappa shape index (κ3) is 3.45. The first-order valence-corrected chi connectivity index (χ1v) is 7.35. The van der Waals surface area contributed by atoms with Crippen molar-refractivity contribution in [1.29, 1.82) is 0 Å². The second kappa shape index (κ2) is 6.18. The van der Waals surface area contributed by atoms with Crippen LogP contribution in [0.4, 0.5) is 18.9 Å². The van der Waals surface area contributed by atoms with Crippen LogP contribution in [0.25, 0.3) is 0 Å². The van der Waals surface area contributed by atoms with E-state index >= 15 is 0 Å². The van der Waals surface area contributed by atoms with Crippen LogP contribution in [0.2, 0.25) is 0 Å². The van der Waals surface area contributed by atoms with E-state index in [0.29, 0.717) is 6.42 Å². The molecule has 0 aliphatic carbocycles. The molecule has 0 saturated heterocycles. The Morgan fingerprint density at radius 1 is 1.35 bits per heavy atom. The van der Waals surface area contributed by atoms with Crippen molar-refractivity contribution in [2.24, 2.45) is 0 Å². The van der Waals surface area contributed by atoms with Gasteiger partial charge in [-0.3, -0.25) is 0 Å². The number of hydrogen-bond acceptors (Lipinski definition) is 3. The number of sulfone groups is 1. The molecule has 7 heteroatoms. The van der Waals surface area contributed by atoms with Crippen LogP contribution >= 0.6 is 0 Å². The highest BCUT2D eigenvalue weighted by Gasteiger charge is 2.47. The predicted octanol–water partition coefficient (Wildman–Crippen LogP) is 3.19. The monoisotopic (exact) mass is 305 g/mol. The van der Waals surface area contributed by atoms with Gasteiger partial charge in [0.2, 0.25) is 0 Å². The van der Waals surface area contributed by atoms with Gasteiger partial charge < -0.3 is 5.32 Å². The molecule has 0 heterocycles. The summed E-state index contributed by atoms with van der Waals surface area (Å²) in [5.41, 5.74) is -5.48. The van der Waals surface area contributed by atoms with Gasteiger partial charge in [0.25, 0.3) is 9.84 Å². The smallest absolute Gasteiger partial charge is 0.370 e. The third-order valence-corrected chi connectivity index (χ3v) is 4.13. The van der Waals surface area contributed by atoms with Gasteiger partial charge in [-0.1, -0.05) is 31.4 Å². The predicted molar refractivity (Wildman–Crippen MR) is 70.8 cm³/mol. The van der Waals surface area contributed by atoms with Crippen molar-refractivity contribution in [3.05, 3.63) is 24.3 Å². The standard InChI is InChI=1S/C13H14F3NO2S/c1-3-7-10(4-2)17-11-8-5-6-9-12(11)20(18,19)13(14,15)16/h2,5-6,8-10,17H,3,7H2,1H3. The van der Waals surface area contributed by atoms with Gasteiger partial charge in [-0.05, 0) is 18.6 Å². The number of hydrogen-bond donors (Lipinski definition) is 1. The van der Waals surface area contributed by atoms with E-state index < -0.39 is 26.3 Å². The lowest BCUT2D eigenvalue weighted by molar-refractivity contribution is -0.0435. The average Bonchev–Trinajstić information content (AvgIpc) is 2.37. The van der Waals surface area contributed by atoms with E-state index in [2.05, 4.69) is 11.2 Å². The van der Waals surface area contributed by atoms with E-state index in [1.165, 1.54) is 18.2 Å². The first-order chi connectivity index (χ1) is 9.24. The molecule has 0 bridgehead atoms. The minimum atomic E-state index is -5.41. The fraction of sp³-hybridized carbons (Fsp3) is 0.385. The average molecular weight is 305 g/mol. The van der Waals surface area contributed by atoms with Crippen LogP contribution in [0.3, 0.4) is 0 Å². The molecule has 1 atom stereocenters. The Hall–Kier alpha value is -1.68. The zero-order valence-electron chi connectivity index (χ0n) is 10.7. The summed E-state index contributed by atoms with van der Waals surface area (Å²) in [7, 11) is -5.41. The second-order valence-electron chi connectivity index (χ2n) is 4.10.